The fraction of sp³-hybridized carbons (Fsp3) is 0.800. The Morgan fingerprint density at radius 3 is 2.38 bits per heavy atom. The summed E-state index contributed by atoms with van der Waals surface area (Å²) in [6.45, 7) is 5.34. The largest absolute Gasteiger partial charge is 0.467 e. The zero-order valence-corrected chi connectivity index (χ0v) is 10.2. The Balaban J connectivity index is 4.27. The van der Waals surface area contributed by atoms with Gasteiger partial charge in [0.1, 0.15) is 11.6 Å². The third kappa shape index (κ3) is 4.97. The Morgan fingerprint density at radius 2 is 2.00 bits per heavy atom. The smallest absolute Gasteiger partial charge is 0.408 e. The summed E-state index contributed by atoms with van der Waals surface area (Å²) in [4.78, 5) is 22.6. The highest BCUT2D eigenvalue weighted by atomic mass is 16.6. The number of carbonyl (C=O) groups excluding carboxylic acids is 2. The third-order valence-electron chi connectivity index (χ3n) is 2.05. The van der Waals surface area contributed by atoms with Crippen LogP contribution in [-0.2, 0) is 14.3 Å². The predicted molar refractivity (Wildman–Crippen MR) is 58.8 cm³/mol. The fourth-order valence-electron chi connectivity index (χ4n) is 0.934. The zero-order chi connectivity index (χ0) is 12.8. The molecule has 0 saturated heterocycles. The van der Waals surface area contributed by atoms with E-state index < -0.39 is 23.7 Å². The minimum atomic E-state index is -0.751. The predicted octanol–water partition coefficient (Wildman–Crippen LogP) is 0.401. The van der Waals surface area contributed by atoms with Crippen LogP contribution in [0.3, 0.4) is 0 Å². The molecule has 0 aliphatic rings. The van der Waals surface area contributed by atoms with Crippen molar-refractivity contribution < 1.29 is 19.1 Å². The minimum Gasteiger partial charge on any atom is -0.467 e. The van der Waals surface area contributed by atoms with Gasteiger partial charge in [-0.1, -0.05) is 6.92 Å². The van der Waals surface area contributed by atoms with Crippen LogP contribution in [-0.4, -0.2) is 37.4 Å². The van der Waals surface area contributed by atoms with E-state index >= 15 is 0 Å². The molecule has 0 saturated carbocycles. The number of alkyl carbamates (subject to hydrolysis) is 1. The number of hydrogen-bond acceptors (Lipinski definition) is 5. The molecule has 0 bridgehead atoms. The molecule has 1 atom stereocenters. The van der Waals surface area contributed by atoms with E-state index in [-0.39, 0.29) is 6.54 Å². The molecule has 0 aromatic heterocycles. The molecule has 0 spiro atoms. The van der Waals surface area contributed by atoms with Gasteiger partial charge in [0.15, 0.2) is 0 Å². The summed E-state index contributed by atoms with van der Waals surface area (Å²) in [5.41, 5.74) is 4.66. The molecule has 6 nitrogen and oxygen atoms in total. The highest BCUT2D eigenvalue weighted by Crippen LogP contribution is 2.07. The standard InChI is InChI=1S/C10H20N2O4/c1-5-7(8(13)15-4)12-9(14)16-10(2,3)6-11/h7H,5-6,11H2,1-4H3,(H,12,14)/t7-/m1/s1. The van der Waals surface area contributed by atoms with E-state index in [9.17, 15) is 9.59 Å². The number of carbonyl (C=O) groups is 2. The van der Waals surface area contributed by atoms with Crippen molar-refractivity contribution >= 4 is 12.1 Å². The van der Waals surface area contributed by atoms with Crippen LogP contribution in [0.15, 0.2) is 0 Å². The maximum atomic E-state index is 11.4. The first-order valence-electron chi connectivity index (χ1n) is 5.13. The van der Waals surface area contributed by atoms with E-state index in [0.29, 0.717) is 6.42 Å². The number of nitrogens with two attached hydrogens (primary N) is 1. The molecule has 3 N–H and O–H groups in total. The van der Waals surface area contributed by atoms with E-state index in [2.05, 4.69) is 10.1 Å². The Hall–Kier alpha value is -1.30. The second-order valence-electron chi connectivity index (χ2n) is 3.98. The summed E-state index contributed by atoms with van der Waals surface area (Å²) in [5, 5.41) is 2.42. The van der Waals surface area contributed by atoms with E-state index in [4.69, 9.17) is 10.5 Å². The molecule has 1 amide bonds. The van der Waals surface area contributed by atoms with Gasteiger partial charge in [0.2, 0.25) is 0 Å². The maximum Gasteiger partial charge on any atom is 0.408 e. The van der Waals surface area contributed by atoms with Crippen LogP contribution in [0.4, 0.5) is 4.79 Å². The van der Waals surface area contributed by atoms with Crippen molar-refractivity contribution in [2.75, 3.05) is 13.7 Å². The molecular formula is C10H20N2O4. The Bertz CT molecular complexity index is 253. The van der Waals surface area contributed by atoms with Gasteiger partial charge in [0.25, 0.3) is 0 Å². The SMILES string of the molecule is CC[C@@H](NC(=O)OC(C)(C)CN)C(=O)OC. The topological polar surface area (TPSA) is 90.6 Å². The molecule has 0 aliphatic carbocycles. The van der Waals surface area contributed by atoms with Gasteiger partial charge in [0, 0.05) is 6.54 Å². The second-order valence-corrected chi connectivity index (χ2v) is 3.98. The average Bonchev–Trinajstić information content (AvgIpc) is 2.24. The Kier molecular flexibility index (Phi) is 5.81. The van der Waals surface area contributed by atoms with Crippen molar-refractivity contribution in [2.24, 2.45) is 5.73 Å². The second kappa shape index (κ2) is 6.32. The van der Waals surface area contributed by atoms with Crippen LogP contribution >= 0.6 is 0 Å². The van der Waals surface area contributed by atoms with Crippen LogP contribution in [0.1, 0.15) is 27.2 Å². The van der Waals surface area contributed by atoms with Crippen LogP contribution in [0.25, 0.3) is 0 Å². The van der Waals surface area contributed by atoms with Crippen molar-refractivity contribution in [2.45, 2.75) is 38.8 Å². The third-order valence-corrected chi connectivity index (χ3v) is 2.05. The minimum absolute atomic E-state index is 0.204. The summed E-state index contributed by atoms with van der Waals surface area (Å²) >= 11 is 0. The van der Waals surface area contributed by atoms with Gasteiger partial charge in [-0.05, 0) is 20.3 Å². The van der Waals surface area contributed by atoms with E-state index in [1.54, 1.807) is 20.8 Å². The van der Waals surface area contributed by atoms with Crippen molar-refractivity contribution in [1.82, 2.24) is 5.32 Å². The molecule has 6 heteroatoms. The van der Waals surface area contributed by atoms with Gasteiger partial charge in [0.05, 0.1) is 7.11 Å². The first-order valence-corrected chi connectivity index (χ1v) is 5.13. The molecule has 0 aromatic carbocycles. The lowest BCUT2D eigenvalue weighted by molar-refractivity contribution is -0.143. The molecule has 0 rings (SSSR count). The number of ether oxygens (including phenoxy) is 2. The molecule has 0 aromatic rings. The summed E-state index contributed by atoms with van der Waals surface area (Å²) in [6, 6.07) is -0.689. The van der Waals surface area contributed by atoms with Crippen molar-refractivity contribution in [3.8, 4) is 0 Å². The van der Waals surface area contributed by atoms with E-state index in [1.165, 1.54) is 7.11 Å². The molecule has 0 aliphatic heterocycles. The van der Waals surface area contributed by atoms with Crippen molar-refractivity contribution in [3.63, 3.8) is 0 Å². The van der Waals surface area contributed by atoms with Gasteiger partial charge < -0.3 is 20.5 Å². The monoisotopic (exact) mass is 232 g/mol. The maximum absolute atomic E-state index is 11.4. The van der Waals surface area contributed by atoms with Gasteiger partial charge >= 0.3 is 12.1 Å². The summed E-state index contributed by atoms with van der Waals surface area (Å²) in [6.07, 6.45) is -0.238. The summed E-state index contributed by atoms with van der Waals surface area (Å²) < 4.78 is 9.56. The van der Waals surface area contributed by atoms with Crippen LogP contribution < -0.4 is 11.1 Å². The highest BCUT2D eigenvalue weighted by molar-refractivity contribution is 5.81. The van der Waals surface area contributed by atoms with Crippen molar-refractivity contribution in [3.05, 3.63) is 0 Å². The lowest BCUT2D eigenvalue weighted by Crippen LogP contribution is -2.46. The normalized spacial score (nSPS) is 12.8. The first-order chi connectivity index (χ1) is 7.36. The number of rotatable bonds is 5. The molecule has 0 heterocycles. The quantitative estimate of drug-likeness (QED) is 0.670. The molecule has 0 unspecified atom stereocenters. The molecule has 0 fully saturated rings. The summed E-state index contributed by atoms with van der Waals surface area (Å²) in [7, 11) is 1.27. The van der Waals surface area contributed by atoms with Gasteiger partial charge in [-0.25, -0.2) is 9.59 Å². The van der Waals surface area contributed by atoms with E-state index in [0.717, 1.165) is 0 Å². The lowest BCUT2D eigenvalue weighted by Gasteiger charge is -2.24. The molecule has 94 valence electrons. The number of amides is 1. The highest BCUT2D eigenvalue weighted by Gasteiger charge is 2.25. The van der Waals surface area contributed by atoms with Crippen LogP contribution in [0, 0.1) is 0 Å². The zero-order valence-electron chi connectivity index (χ0n) is 10.2. The Morgan fingerprint density at radius 1 is 1.44 bits per heavy atom. The van der Waals surface area contributed by atoms with E-state index in [1.807, 2.05) is 0 Å². The van der Waals surface area contributed by atoms with Gasteiger partial charge in [-0.3, -0.25) is 0 Å². The molecule has 0 radical (unpaired) electrons. The number of nitrogens with one attached hydrogen (secondary N) is 1. The number of esters is 1. The molecule has 16 heavy (non-hydrogen) atoms. The van der Waals surface area contributed by atoms with Gasteiger partial charge in [-0.2, -0.15) is 0 Å². The van der Waals surface area contributed by atoms with Crippen molar-refractivity contribution in [1.29, 1.82) is 0 Å². The number of hydrogen-bond donors (Lipinski definition) is 2. The van der Waals surface area contributed by atoms with Crippen LogP contribution in [0.2, 0.25) is 0 Å². The lowest BCUT2D eigenvalue weighted by atomic mass is 10.1. The van der Waals surface area contributed by atoms with Gasteiger partial charge in [-0.15, -0.1) is 0 Å². The Labute approximate surface area is 95.5 Å². The average molecular weight is 232 g/mol. The molecular weight excluding hydrogens is 212 g/mol. The van der Waals surface area contributed by atoms with Crippen LogP contribution in [0.5, 0.6) is 0 Å². The fourth-order valence-corrected chi connectivity index (χ4v) is 0.934. The first kappa shape index (κ1) is 14.7. The number of methoxy groups -OCH3 is 1. The summed E-state index contributed by atoms with van der Waals surface area (Å²) in [5.74, 6) is -0.495.